The van der Waals surface area contributed by atoms with Crippen molar-refractivity contribution in [3.8, 4) is 0 Å². The minimum Gasteiger partial charge on any atom is -0.374 e. The number of nitrogens with one attached hydrogen (secondary N) is 1. The molecule has 21 heavy (non-hydrogen) atoms. The average Bonchev–Trinajstić information content (AvgIpc) is 3.30. The highest BCUT2D eigenvalue weighted by Crippen LogP contribution is 2.50. The third kappa shape index (κ3) is 3.29. The number of hydrogen-bond acceptors (Lipinski definition) is 4. The lowest BCUT2D eigenvalue weighted by atomic mass is 10.00. The molecule has 2 fully saturated rings. The minimum atomic E-state index is 0.199. The second kappa shape index (κ2) is 6.44. The second-order valence-electron chi connectivity index (χ2n) is 6.61. The number of nitrogens with zero attached hydrogens (tertiary/aromatic N) is 1. The average molecular weight is 289 g/mol. The van der Waals surface area contributed by atoms with Crippen LogP contribution in [0.4, 0.5) is 0 Å². The van der Waals surface area contributed by atoms with Crippen LogP contribution in [0.3, 0.4) is 0 Å². The zero-order chi connectivity index (χ0) is 14.8. The third-order valence-electron chi connectivity index (χ3n) is 4.98. The molecule has 1 aliphatic heterocycles. The van der Waals surface area contributed by atoms with E-state index in [2.05, 4.69) is 54.5 Å². The summed E-state index contributed by atoms with van der Waals surface area (Å²) in [5.74, 6) is 7.08. The molecule has 1 saturated heterocycles. The van der Waals surface area contributed by atoms with Gasteiger partial charge in [-0.1, -0.05) is 30.3 Å². The van der Waals surface area contributed by atoms with Gasteiger partial charge in [0.2, 0.25) is 0 Å². The monoisotopic (exact) mass is 289 g/mol. The summed E-state index contributed by atoms with van der Waals surface area (Å²) in [4.78, 5) is 2.48. The molecule has 4 atom stereocenters. The van der Waals surface area contributed by atoms with Gasteiger partial charge >= 0.3 is 0 Å². The highest BCUT2D eigenvalue weighted by atomic mass is 16.5. The molecule has 4 heteroatoms. The first-order chi connectivity index (χ1) is 10.2. The third-order valence-corrected chi connectivity index (χ3v) is 4.98. The Morgan fingerprint density at radius 1 is 1.29 bits per heavy atom. The van der Waals surface area contributed by atoms with Crippen molar-refractivity contribution >= 4 is 0 Å². The fourth-order valence-electron chi connectivity index (χ4n) is 3.58. The molecular weight excluding hydrogens is 262 g/mol. The van der Waals surface area contributed by atoms with Crippen molar-refractivity contribution < 1.29 is 4.74 Å². The Bertz CT molecular complexity index is 451. The lowest BCUT2D eigenvalue weighted by molar-refractivity contribution is -0.0591. The van der Waals surface area contributed by atoms with Crippen molar-refractivity contribution in [2.24, 2.45) is 11.8 Å². The molecule has 1 heterocycles. The molecule has 0 aromatic heterocycles. The van der Waals surface area contributed by atoms with Crippen LogP contribution in [0, 0.1) is 5.92 Å². The van der Waals surface area contributed by atoms with Crippen molar-refractivity contribution in [3.63, 3.8) is 0 Å². The Kier molecular flexibility index (Phi) is 4.60. The van der Waals surface area contributed by atoms with Gasteiger partial charge < -0.3 is 4.74 Å². The summed E-state index contributed by atoms with van der Waals surface area (Å²) >= 11 is 0. The predicted octanol–water partition coefficient (Wildman–Crippen LogP) is 1.73. The van der Waals surface area contributed by atoms with E-state index >= 15 is 0 Å². The Labute approximate surface area is 127 Å². The van der Waals surface area contributed by atoms with Gasteiger partial charge in [-0.05, 0) is 37.7 Å². The Morgan fingerprint density at radius 2 is 2.05 bits per heavy atom. The molecule has 4 nitrogen and oxygen atoms in total. The first-order valence-corrected chi connectivity index (χ1v) is 8.07. The summed E-state index contributed by atoms with van der Waals surface area (Å²) < 4.78 is 6.01. The maximum atomic E-state index is 6.01. The van der Waals surface area contributed by atoms with Crippen LogP contribution in [0.15, 0.2) is 30.3 Å². The largest absolute Gasteiger partial charge is 0.374 e. The van der Waals surface area contributed by atoms with E-state index in [4.69, 9.17) is 10.6 Å². The Balaban J connectivity index is 1.64. The summed E-state index contributed by atoms with van der Waals surface area (Å²) in [6.07, 6.45) is 1.41. The molecule has 2 aliphatic rings. The normalized spacial score (nSPS) is 31.3. The van der Waals surface area contributed by atoms with Crippen LogP contribution in [0.2, 0.25) is 0 Å². The van der Waals surface area contributed by atoms with E-state index in [1.54, 1.807) is 0 Å². The molecule has 1 aliphatic carbocycles. The van der Waals surface area contributed by atoms with E-state index in [1.807, 2.05) is 0 Å². The number of ether oxygens (including phenoxy) is 1. The molecule has 1 saturated carbocycles. The molecular formula is C17H27N3O. The lowest BCUT2D eigenvalue weighted by Gasteiger charge is -2.39. The predicted molar refractivity (Wildman–Crippen MR) is 84.9 cm³/mol. The van der Waals surface area contributed by atoms with Crippen molar-refractivity contribution in [1.29, 1.82) is 0 Å². The van der Waals surface area contributed by atoms with Gasteiger partial charge in [-0.3, -0.25) is 16.2 Å². The second-order valence-corrected chi connectivity index (χ2v) is 6.61. The Hall–Kier alpha value is -0.940. The number of benzene rings is 1. The maximum absolute atomic E-state index is 6.01. The molecule has 0 bridgehead atoms. The van der Waals surface area contributed by atoms with Gasteiger partial charge in [0.1, 0.15) is 0 Å². The van der Waals surface area contributed by atoms with Crippen molar-refractivity contribution in [2.75, 3.05) is 19.7 Å². The first kappa shape index (κ1) is 15.0. The SMILES string of the molecule is CC(C)N1CCOC(C(NN)C2CC2c2ccccc2)C1. The summed E-state index contributed by atoms with van der Waals surface area (Å²) in [5, 5.41) is 0. The molecule has 1 aromatic rings. The molecule has 3 rings (SSSR count). The quantitative estimate of drug-likeness (QED) is 0.640. The summed E-state index contributed by atoms with van der Waals surface area (Å²) in [6, 6.07) is 11.6. The molecule has 116 valence electrons. The summed E-state index contributed by atoms with van der Waals surface area (Å²) in [6.45, 7) is 7.31. The zero-order valence-corrected chi connectivity index (χ0v) is 13.0. The molecule has 4 unspecified atom stereocenters. The van der Waals surface area contributed by atoms with Crippen molar-refractivity contribution in [1.82, 2.24) is 10.3 Å². The smallest absolute Gasteiger partial charge is 0.0871 e. The highest BCUT2D eigenvalue weighted by molar-refractivity contribution is 5.27. The van der Waals surface area contributed by atoms with Gasteiger partial charge in [-0.25, -0.2) is 0 Å². The number of nitrogens with two attached hydrogens (primary N) is 1. The van der Waals surface area contributed by atoms with Gasteiger partial charge in [0.05, 0.1) is 18.8 Å². The topological polar surface area (TPSA) is 50.5 Å². The van der Waals surface area contributed by atoms with Gasteiger partial charge in [-0.2, -0.15) is 0 Å². The van der Waals surface area contributed by atoms with Crippen LogP contribution in [-0.2, 0) is 4.74 Å². The van der Waals surface area contributed by atoms with E-state index in [1.165, 1.54) is 12.0 Å². The number of morpholine rings is 1. The van der Waals surface area contributed by atoms with E-state index in [0.29, 0.717) is 17.9 Å². The van der Waals surface area contributed by atoms with Crippen LogP contribution >= 0.6 is 0 Å². The number of rotatable bonds is 5. The molecule has 0 radical (unpaired) electrons. The zero-order valence-electron chi connectivity index (χ0n) is 13.0. The standard InChI is InChI=1S/C17H27N3O/c1-12(2)20-8-9-21-16(11-20)17(19-18)15-10-14(15)13-6-4-3-5-7-13/h3-7,12,14-17,19H,8-11,18H2,1-2H3. The van der Waals surface area contributed by atoms with E-state index in [0.717, 1.165) is 19.7 Å². The molecule has 0 amide bonds. The minimum absolute atomic E-state index is 0.199. The first-order valence-electron chi connectivity index (χ1n) is 8.07. The number of hydrazine groups is 1. The maximum Gasteiger partial charge on any atom is 0.0871 e. The molecule has 1 aromatic carbocycles. The highest BCUT2D eigenvalue weighted by Gasteiger charge is 2.47. The van der Waals surface area contributed by atoms with E-state index < -0.39 is 0 Å². The fraction of sp³-hybridized carbons (Fsp3) is 0.647. The molecule has 0 spiro atoms. The van der Waals surface area contributed by atoms with Gasteiger partial charge in [0.15, 0.2) is 0 Å². The van der Waals surface area contributed by atoms with Crippen molar-refractivity contribution in [2.45, 2.75) is 44.4 Å². The van der Waals surface area contributed by atoms with E-state index in [9.17, 15) is 0 Å². The van der Waals surface area contributed by atoms with Crippen molar-refractivity contribution in [3.05, 3.63) is 35.9 Å². The fourth-order valence-corrected chi connectivity index (χ4v) is 3.58. The molecule has 3 N–H and O–H groups in total. The van der Waals surface area contributed by atoms with Crippen LogP contribution in [0.1, 0.15) is 31.7 Å². The van der Waals surface area contributed by atoms with Gasteiger partial charge in [0, 0.05) is 19.1 Å². The van der Waals surface area contributed by atoms with Gasteiger partial charge in [0.25, 0.3) is 0 Å². The van der Waals surface area contributed by atoms with Crippen LogP contribution in [0.5, 0.6) is 0 Å². The van der Waals surface area contributed by atoms with Crippen LogP contribution in [-0.4, -0.2) is 42.8 Å². The summed E-state index contributed by atoms with van der Waals surface area (Å²) in [5.41, 5.74) is 4.47. The van der Waals surface area contributed by atoms with Crippen LogP contribution < -0.4 is 11.3 Å². The van der Waals surface area contributed by atoms with Gasteiger partial charge in [-0.15, -0.1) is 0 Å². The van der Waals surface area contributed by atoms with E-state index in [-0.39, 0.29) is 12.1 Å². The lowest BCUT2D eigenvalue weighted by Crippen LogP contribution is -2.56. The number of hydrogen-bond donors (Lipinski definition) is 2. The van der Waals surface area contributed by atoms with Crippen LogP contribution in [0.25, 0.3) is 0 Å². The summed E-state index contributed by atoms with van der Waals surface area (Å²) in [7, 11) is 0. The Morgan fingerprint density at radius 3 is 2.71 bits per heavy atom.